The molecule has 0 heterocycles. The number of hydrogen-bond donors (Lipinski definition) is 1. The third kappa shape index (κ3) is 2.73. The van der Waals surface area contributed by atoms with Crippen molar-refractivity contribution in [2.75, 3.05) is 12.4 Å². The largest absolute Gasteiger partial charge is 0.495 e. The molecule has 0 fully saturated rings. The Balaban J connectivity index is 2.84. The van der Waals surface area contributed by atoms with Crippen molar-refractivity contribution in [1.29, 1.82) is 0 Å². The first-order valence-corrected chi connectivity index (χ1v) is 5.10. The molecule has 0 unspecified atom stereocenters. The molecule has 0 spiro atoms. The first kappa shape index (κ1) is 11.0. The summed E-state index contributed by atoms with van der Waals surface area (Å²) in [7, 11) is 1.59. The highest BCUT2D eigenvalue weighted by Gasteiger charge is 2.03. The van der Waals surface area contributed by atoms with Crippen LogP contribution in [0.3, 0.4) is 0 Å². The van der Waals surface area contributed by atoms with E-state index in [-0.39, 0.29) is 5.91 Å². The third-order valence-electron chi connectivity index (χ3n) is 1.76. The van der Waals surface area contributed by atoms with Gasteiger partial charge in [-0.3, -0.25) is 4.79 Å². The lowest BCUT2D eigenvalue weighted by Crippen LogP contribution is -2.09. The lowest BCUT2D eigenvalue weighted by Gasteiger charge is -2.07. The van der Waals surface area contributed by atoms with Gasteiger partial charge in [-0.2, -0.15) is 0 Å². The van der Waals surface area contributed by atoms with Crippen molar-refractivity contribution < 1.29 is 9.53 Å². The van der Waals surface area contributed by atoms with E-state index in [1.165, 1.54) is 0 Å². The minimum Gasteiger partial charge on any atom is -0.495 e. The molecular weight excluding hydrogens is 246 g/mol. The number of carbonyl (C=O) groups excluding carboxylic acids is 1. The molecule has 0 atom stereocenters. The molecule has 0 aromatic heterocycles. The van der Waals surface area contributed by atoms with Gasteiger partial charge in [0.2, 0.25) is 5.91 Å². The Labute approximate surface area is 91.6 Å². The SMILES string of the molecule is CCC(=O)Nc1ccc(Br)c(OC)c1. The van der Waals surface area contributed by atoms with Gasteiger partial charge >= 0.3 is 0 Å². The zero-order valence-electron chi connectivity index (χ0n) is 8.13. The van der Waals surface area contributed by atoms with Crippen molar-refractivity contribution in [3.05, 3.63) is 22.7 Å². The van der Waals surface area contributed by atoms with E-state index in [0.29, 0.717) is 12.2 Å². The fourth-order valence-electron chi connectivity index (χ4n) is 0.987. The van der Waals surface area contributed by atoms with E-state index in [0.717, 1.165) is 10.2 Å². The average Bonchev–Trinajstić information content (AvgIpc) is 2.20. The maximum absolute atomic E-state index is 11.1. The molecule has 0 aliphatic carbocycles. The van der Waals surface area contributed by atoms with E-state index in [9.17, 15) is 4.79 Å². The van der Waals surface area contributed by atoms with Gasteiger partial charge in [0.1, 0.15) is 5.75 Å². The van der Waals surface area contributed by atoms with Crippen LogP contribution in [0.5, 0.6) is 5.75 Å². The van der Waals surface area contributed by atoms with Crippen LogP contribution in [0.2, 0.25) is 0 Å². The van der Waals surface area contributed by atoms with Gasteiger partial charge in [-0.1, -0.05) is 6.92 Å². The Morgan fingerprint density at radius 3 is 2.86 bits per heavy atom. The third-order valence-corrected chi connectivity index (χ3v) is 2.41. The van der Waals surface area contributed by atoms with Crippen molar-refractivity contribution in [1.82, 2.24) is 0 Å². The Kier molecular flexibility index (Phi) is 3.95. The van der Waals surface area contributed by atoms with Gasteiger partial charge in [-0.05, 0) is 28.1 Å². The van der Waals surface area contributed by atoms with Crippen molar-refractivity contribution in [3.8, 4) is 5.75 Å². The lowest BCUT2D eigenvalue weighted by atomic mass is 10.3. The van der Waals surface area contributed by atoms with Crippen molar-refractivity contribution in [2.45, 2.75) is 13.3 Å². The summed E-state index contributed by atoms with van der Waals surface area (Å²) >= 11 is 3.34. The molecular formula is C10H12BrNO2. The molecule has 0 radical (unpaired) electrons. The zero-order chi connectivity index (χ0) is 10.6. The molecule has 14 heavy (non-hydrogen) atoms. The molecule has 0 bridgehead atoms. The van der Waals surface area contributed by atoms with E-state index in [1.54, 1.807) is 13.2 Å². The maximum Gasteiger partial charge on any atom is 0.224 e. The molecule has 1 aromatic carbocycles. The Morgan fingerprint density at radius 2 is 2.29 bits per heavy atom. The van der Waals surface area contributed by atoms with Gasteiger partial charge in [-0.25, -0.2) is 0 Å². The molecule has 0 saturated carbocycles. The number of amides is 1. The minimum absolute atomic E-state index is 0.00521. The molecule has 0 aliphatic rings. The van der Waals surface area contributed by atoms with Gasteiger partial charge in [0.25, 0.3) is 0 Å². The van der Waals surface area contributed by atoms with E-state index in [1.807, 2.05) is 19.1 Å². The summed E-state index contributed by atoms with van der Waals surface area (Å²) in [6.45, 7) is 1.81. The standard InChI is InChI=1S/C10H12BrNO2/c1-3-10(13)12-7-4-5-8(11)9(6-7)14-2/h4-6H,3H2,1-2H3,(H,12,13). The van der Waals surface area contributed by atoms with Gasteiger partial charge in [-0.15, -0.1) is 0 Å². The van der Waals surface area contributed by atoms with Crippen LogP contribution in [0.15, 0.2) is 22.7 Å². The van der Waals surface area contributed by atoms with E-state index in [4.69, 9.17) is 4.74 Å². The first-order chi connectivity index (χ1) is 6.67. The molecule has 4 heteroatoms. The number of benzene rings is 1. The second kappa shape index (κ2) is 5.00. The molecule has 3 nitrogen and oxygen atoms in total. The topological polar surface area (TPSA) is 38.3 Å². The summed E-state index contributed by atoms with van der Waals surface area (Å²) in [5.41, 5.74) is 0.747. The number of carbonyl (C=O) groups is 1. The quantitative estimate of drug-likeness (QED) is 0.905. The van der Waals surface area contributed by atoms with Crippen molar-refractivity contribution in [2.24, 2.45) is 0 Å². The molecule has 1 aromatic rings. The number of rotatable bonds is 3. The number of ether oxygens (including phenoxy) is 1. The number of halogens is 1. The molecule has 1 N–H and O–H groups in total. The summed E-state index contributed by atoms with van der Waals surface area (Å²) in [5, 5.41) is 2.75. The number of nitrogens with one attached hydrogen (secondary N) is 1. The van der Waals surface area contributed by atoms with E-state index in [2.05, 4.69) is 21.2 Å². The van der Waals surface area contributed by atoms with Crippen LogP contribution in [0.25, 0.3) is 0 Å². The predicted octanol–water partition coefficient (Wildman–Crippen LogP) is 2.81. The fraction of sp³-hybridized carbons (Fsp3) is 0.300. The zero-order valence-corrected chi connectivity index (χ0v) is 9.72. The van der Waals surface area contributed by atoms with E-state index >= 15 is 0 Å². The van der Waals surface area contributed by atoms with Gasteiger partial charge in [0, 0.05) is 18.2 Å². The molecule has 0 saturated heterocycles. The fourth-order valence-corrected chi connectivity index (χ4v) is 1.40. The van der Waals surface area contributed by atoms with Crippen LogP contribution < -0.4 is 10.1 Å². The smallest absolute Gasteiger partial charge is 0.224 e. The van der Waals surface area contributed by atoms with Crippen LogP contribution in [0.4, 0.5) is 5.69 Å². The van der Waals surface area contributed by atoms with Gasteiger partial charge < -0.3 is 10.1 Å². The van der Waals surface area contributed by atoms with Crippen LogP contribution >= 0.6 is 15.9 Å². The van der Waals surface area contributed by atoms with Crippen LogP contribution in [0, 0.1) is 0 Å². The molecule has 76 valence electrons. The summed E-state index contributed by atoms with van der Waals surface area (Å²) < 4.78 is 5.97. The first-order valence-electron chi connectivity index (χ1n) is 4.30. The summed E-state index contributed by atoms with van der Waals surface area (Å²) in [6, 6.07) is 5.43. The summed E-state index contributed by atoms with van der Waals surface area (Å²) in [5.74, 6) is 0.702. The highest BCUT2D eigenvalue weighted by Crippen LogP contribution is 2.27. The Bertz CT molecular complexity index is 339. The maximum atomic E-state index is 11.1. The summed E-state index contributed by atoms with van der Waals surface area (Å²) in [6.07, 6.45) is 0.471. The highest BCUT2D eigenvalue weighted by atomic mass is 79.9. The van der Waals surface area contributed by atoms with Crippen LogP contribution in [-0.2, 0) is 4.79 Å². The van der Waals surface area contributed by atoms with E-state index < -0.39 is 0 Å². The second-order valence-corrected chi connectivity index (χ2v) is 3.61. The minimum atomic E-state index is -0.00521. The highest BCUT2D eigenvalue weighted by molar-refractivity contribution is 9.10. The van der Waals surface area contributed by atoms with Crippen LogP contribution in [0.1, 0.15) is 13.3 Å². The number of anilines is 1. The molecule has 0 aliphatic heterocycles. The molecule has 1 amide bonds. The predicted molar refractivity (Wildman–Crippen MR) is 59.6 cm³/mol. The Hall–Kier alpha value is -1.03. The monoisotopic (exact) mass is 257 g/mol. The van der Waals surface area contributed by atoms with Crippen LogP contribution in [-0.4, -0.2) is 13.0 Å². The second-order valence-electron chi connectivity index (χ2n) is 2.75. The van der Waals surface area contributed by atoms with Crippen molar-refractivity contribution in [3.63, 3.8) is 0 Å². The normalized spacial score (nSPS) is 9.64. The van der Waals surface area contributed by atoms with Gasteiger partial charge in [0.05, 0.1) is 11.6 Å². The Morgan fingerprint density at radius 1 is 1.57 bits per heavy atom. The van der Waals surface area contributed by atoms with Crippen molar-refractivity contribution >= 4 is 27.5 Å². The molecule has 1 rings (SSSR count). The summed E-state index contributed by atoms with van der Waals surface area (Å²) in [4.78, 5) is 11.1. The number of methoxy groups -OCH3 is 1. The lowest BCUT2D eigenvalue weighted by molar-refractivity contribution is -0.115. The van der Waals surface area contributed by atoms with Gasteiger partial charge in [0.15, 0.2) is 0 Å². The average molecular weight is 258 g/mol. The number of hydrogen-bond acceptors (Lipinski definition) is 2.